The molecule has 0 fully saturated rings. The molecule has 0 spiro atoms. The summed E-state index contributed by atoms with van der Waals surface area (Å²) in [7, 11) is 0. The standard InChI is InChI=1S/C31H22O/c1-31(2)26-11-5-3-9-22(26)23-15-14-19(18-27(23)31)21-16-20-8-7-13-29-30(20)25(17-21)24-10-4-6-12-28(24)32-29/h3-18H,1-2H3. The Morgan fingerprint density at radius 3 is 2.19 bits per heavy atom. The molecule has 1 nitrogen and oxygen atoms in total. The van der Waals surface area contributed by atoms with Crippen LogP contribution in [0.5, 0.6) is 11.5 Å². The molecule has 0 atom stereocenters. The van der Waals surface area contributed by atoms with Gasteiger partial charge >= 0.3 is 0 Å². The van der Waals surface area contributed by atoms with E-state index in [0.29, 0.717) is 0 Å². The molecule has 0 aromatic heterocycles. The number of para-hydroxylation sites is 1. The molecule has 7 rings (SSSR count). The topological polar surface area (TPSA) is 9.23 Å². The van der Waals surface area contributed by atoms with Crippen molar-refractivity contribution in [1.82, 2.24) is 0 Å². The Morgan fingerprint density at radius 2 is 1.28 bits per heavy atom. The van der Waals surface area contributed by atoms with Gasteiger partial charge in [0.15, 0.2) is 0 Å². The largest absolute Gasteiger partial charge is 0.456 e. The molecule has 1 heteroatoms. The smallest absolute Gasteiger partial charge is 0.135 e. The van der Waals surface area contributed by atoms with E-state index in [1.54, 1.807) is 0 Å². The third-order valence-corrected chi connectivity index (χ3v) is 7.25. The maximum Gasteiger partial charge on any atom is 0.135 e. The molecule has 0 radical (unpaired) electrons. The predicted molar refractivity (Wildman–Crippen MR) is 132 cm³/mol. The van der Waals surface area contributed by atoms with Gasteiger partial charge in [-0.25, -0.2) is 0 Å². The van der Waals surface area contributed by atoms with E-state index in [4.69, 9.17) is 4.74 Å². The van der Waals surface area contributed by atoms with E-state index >= 15 is 0 Å². The summed E-state index contributed by atoms with van der Waals surface area (Å²) in [6.45, 7) is 4.68. The molecule has 0 saturated heterocycles. The minimum atomic E-state index is 0.000656. The highest BCUT2D eigenvalue weighted by molar-refractivity contribution is 6.06. The van der Waals surface area contributed by atoms with E-state index in [1.807, 2.05) is 6.07 Å². The van der Waals surface area contributed by atoms with E-state index in [9.17, 15) is 0 Å². The summed E-state index contributed by atoms with van der Waals surface area (Å²) < 4.78 is 6.22. The molecule has 1 heterocycles. The van der Waals surface area contributed by atoms with Crippen molar-refractivity contribution in [3.05, 3.63) is 108 Å². The number of benzene rings is 5. The second-order valence-corrected chi connectivity index (χ2v) is 9.41. The Bertz CT molecular complexity index is 1570. The average molecular weight is 411 g/mol. The van der Waals surface area contributed by atoms with Crippen molar-refractivity contribution in [2.45, 2.75) is 19.3 Å². The van der Waals surface area contributed by atoms with Crippen LogP contribution in [0.3, 0.4) is 0 Å². The van der Waals surface area contributed by atoms with Gasteiger partial charge in [-0.3, -0.25) is 0 Å². The van der Waals surface area contributed by atoms with Crippen molar-refractivity contribution < 1.29 is 4.74 Å². The summed E-state index contributed by atoms with van der Waals surface area (Å²) in [5.74, 6) is 1.86. The van der Waals surface area contributed by atoms with E-state index in [-0.39, 0.29) is 5.41 Å². The van der Waals surface area contributed by atoms with Gasteiger partial charge in [0.2, 0.25) is 0 Å². The molecule has 152 valence electrons. The lowest BCUT2D eigenvalue weighted by atomic mass is 9.81. The highest BCUT2D eigenvalue weighted by atomic mass is 16.5. The number of hydrogen-bond acceptors (Lipinski definition) is 1. The normalized spacial score (nSPS) is 14.4. The summed E-state index contributed by atoms with van der Waals surface area (Å²) in [5, 5.41) is 2.41. The zero-order valence-electron chi connectivity index (χ0n) is 18.1. The van der Waals surface area contributed by atoms with Crippen LogP contribution in [0.25, 0.3) is 44.2 Å². The summed E-state index contributed by atoms with van der Waals surface area (Å²) >= 11 is 0. The molecule has 1 aliphatic heterocycles. The van der Waals surface area contributed by atoms with Crippen LogP contribution in [0, 0.1) is 0 Å². The molecule has 2 aliphatic rings. The van der Waals surface area contributed by atoms with Crippen molar-refractivity contribution in [3.63, 3.8) is 0 Å². The van der Waals surface area contributed by atoms with Crippen LogP contribution >= 0.6 is 0 Å². The first kappa shape index (κ1) is 17.8. The van der Waals surface area contributed by atoms with Crippen LogP contribution in [-0.2, 0) is 5.41 Å². The average Bonchev–Trinajstić information content (AvgIpc) is 3.06. The van der Waals surface area contributed by atoms with E-state index < -0.39 is 0 Å². The first-order valence-corrected chi connectivity index (χ1v) is 11.2. The molecule has 32 heavy (non-hydrogen) atoms. The lowest BCUT2D eigenvalue weighted by molar-refractivity contribution is 0.487. The Hall–Kier alpha value is -3.84. The van der Waals surface area contributed by atoms with Gasteiger partial charge in [0.1, 0.15) is 11.5 Å². The van der Waals surface area contributed by atoms with Gasteiger partial charge in [-0.15, -0.1) is 0 Å². The summed E-state index contributed by atoms with van der Waals surface area (Å²) in [6.07, 6.45) is 0. The minimum Gasteiger partial charge on any atom is -0.456 e. The Balaban J connectivity index is 1.47. The molecule has 0 unspecified atom stereocenters. The molecule has 0 N–H and O–H groups in total. The van der Waals surface area contributed by atoms with Crippen molar-refractivity contribution >= 4 is 10.8 Å². The molecule has 5 aromatic rings. The van der Waals surface area contributed by atoms with E-state index in [2.05, 4.69) is 105 Å². The summed E-state index contributed by atoms with van der Waals surface area (Å²) in [5.41, 5.74) is 10.5. The van der Waals surface area contributed by atoms with E-state index in [1.165, 1.54) is 49.7 Å². The highest BCUT2D eigenvalue weighted by Crippen LogP contribution is 2.51. The zero-order chi connectivity index (χ0) is 21.4. The van der Waals surface area contributed by atoms with Crippen LogP contribution in [0.1, 0.15) is 25.0 Å². The van der Waals surface area contributed by atoms with Crippen molar-refractivity contribution in [2.24, 2.45) is 0 Å². The highest BCUT2D eigenvalue weighted by Gasteiger charge is 2.35. The second-order valence-electron chi connectivity index (χ2n) is 9.41. The molecule has 1 aliphatic carbocycles. The van der Waals surface area contributed by atoms with E-state index in [0.717, 1.165) is 17.1 Å². The molecule has 0 bridgehead atoms. The van der Waals surface area contributed by atoms with Crippen molar-refractivity contribution in [3.8, 4) is 44.9 Å². The fourth-order valence-electron chi connectivity index (χ4n) is 5.64. The van der Waals surface area contributed by atoms with Gasteiger partial charge in [0.25, 0.3) is 0 Å². The van der Waals surface area contributed by atoms with Crippen LogP contribution in [0.15, 0.2) is 97.1 Å². The fraction of sp³-hybridized carbons (Fsp3) is 0.0968. The third kappa shape index (κ3) is 2.28. The number of ether oxygens (including phenoxy) is 1. The first-order valence-electron chi connectivity index (χ1n) is 11.2. The van der Waals surface area contributed by atoms with Crippen LogP contribution < -0.4 is 4.74 Å². The summed E-state index contributed by atoms with van der Waals surface area (Å²) in [6, 6.07) is 35.1. The molecular formula is C31H22O. The van der Waals surface area contributed by atoms with Crippen LogP contribution in [-0.4, -0.2) is 0 Å². The Labute approximate surface area is 187 Å². The summed E-state index contributed by atoms with van der Waals surface area (Å²) in [4.78, 5) is 0. The lowest BCUT2D eigenvalue weighted by Crippen LogP contribution is -2.14. The molecule has 0 saturated carbocycles. The second kappa shape index (κ2) is 6.11. The van der Waals surface area contributed by atoms with Crippen molar-refractivity contribution in [2.75, 3.05) is 0 Å². The van der Waals surface area contributed by atoms with Crippen molar-refractivity contribution in [1.29, 1.82) is 0 Å². The van der Waals surface area contributed by atoms with Gasteiger partial charge in [0.05, 0.1) is 0 Å². The zero-order valence-corrected chi connectivity index (χ0v) is 18.1. The Morgan fingerprint density at radius 1 is 0.531 bits per heavy atom. The van der Waals surface area contributed by atoms with Crippen LogP contribution in [0.2, 0.25) is 0 Å². The number of fused-ring (bicyclic) bond motifs is 5. The monoisotopic (exact) mass is 410 g/mol. The molecule has 0 amide bonds. The minimum absolute atomic E-state index is 0.000656. The van der Waals surface area contributed by atoms with Crippen LogP contribution in [0.4, 0.5) is 0 Å². The van der Waals surface area contributed by atoms with Gasteiger partial charge < -0.3 is 4.74 Å². The maximum absolute atomic E-state index is 6.22. The number of rotatable bonds is 1. The maximum atomic E-state index is 6.22. The predicted octanol–water partition coefficient (Wildman–Crippen LogP) is 8.59. The van der Waals surface area contributed by atoms with Gasteiger partial charge in [-0.2, -0.15) is 0 Å². The van der Waals surface area contributed by atoms with Gasteiger partial charge in [-0.1, -0.05) is 80.6 Å². The third-order valence-electron chi connectivity index (χ3n) is 7.25. The SMILES string of the molecule is CC1(C)c2ccccc2-c2ccc(-c3cc4c5c(cccc5c3)Oc3ccccc3-4)cc21. The molecule has 5 aromatic carbocycles. The van der Waals surface area contributed by atoms with Gasteiger partial charge in [-0.05, 0) is 74.7 Å². The first-order chi connectivity index (χ1) is 15.6. The lowest BCUT2D eigenvalue weighted by Gasteiger charge is -2.23. The van der Waals surface area contributed by atoms with Gasteiger partial charge in [0, 0.05) is 16.4 Å². The quantitative estimate of drug-likeness (QED) is 0.264. The fourth-order valence-corrected chi connectivity index (χ4v) is 5.64. The molecular weight excluding hydrogens is 388 g/mol. The Kier molecular flexibility index (Phi) is 3.40. The number of hydrogen-bond donors (Lipinski definition) is 0.